The van der Waals surface area contributed by atoms with Crippen molar-refractivity contribution in [3.8, 4) is 0 Å². The molecule has 24 heavy (non-hydrogen) atoms. The van der Waals surface area contributed by atoms with Crippen molar-refractivity contribution in [2.24, 2.45) is 39.9 Å². The van der Waals surface area contributed by atoms with E-state index in [9.17, 15) is 9.90 Å². The Morgan fingerprint density at radius 1 is 1.12 bits per heavy atom. The zero-order valence-corrected chi connectivity index (χ0v) is 15.6. The molecule has 5 aliphatic carbocycles. The van der Waals surface area contributed by atoms with E-state index in [1.807, 2.05) is 0 Å². The summed E-state index contributed by atoms with van der Waals surface area (Å²) in [6.07, 6.45) is 11.0. The van der Waals surface area contributed by atoms with Gasteiger partial charge in [0.2, 0.25) is 0 Å². The van der Waals surface area contributed by atoms with Crippen LogP contribution in [0.4, 0.5) is 0 Å². The second kappa shape index (κ2) is 5.46. The second-order valence-electron chi connectivity index (χ2n) is 9.96. The molecule has 0 heterocycles. The lowest BCUT2D eigenvalue weighted by atomic mass is 9.36. The number of methoxy groups -OCH3 is 1. The van der Waals surface area contributed by atoms with E-state index in [1.165, 1.54) is 44.9 Å². The average Bonchev–Trinajstić information content (AvgIpc) is 2.60. The van der Waals surface area contributed by atoms with Crippen LogP contribution in [-0.4, -0.2) is 24.8 Å². The Bertz CT molecular complexity index is 531. The number of hydrogen-bond acceptors (Lipinski definition) is 3. The van der Waals surface area contributed by atoms with E-state index in [1.54, 1.807) is 7.11 Å². The van der Waals surface area contributed by atoms with Crippen LogP contribution in [0.5, 0.6) is 0 Å². The van der Waals surface area contributed by atoms with Crippen molar-refractivity contribution >= 4 is 5.97 Å². The molecule has 7 atom stereocenters. The number of hydrogen-bond donors (Lipinski definition) is 1. The van der Waals surface area contributed by atoms with Crippen molar-refractivity contribution in [3.05, 3.63) is 0 Å². The molecule has 5 rings (SSSR count). The molecule has 0 unspecified atom stereocenters. The van der Waals surface area contributed by atoms with Gasteiger partial charge in [-0.05, 0) is 92.8 Å². The summed E-state index contributed by atoms with van der Waals surface area (Å²) in [5.41, 5.74) is 0.427. The number of ether oxygens (including phenoxy) is 1. The lowest BCUT2D eigenvalue weighted by Crippen LogP contribution is -2.62. The minimum absolute atomic E-state index is 0.0172. The molecule has 2 bridgehead atoms. The number of esters is 1. The molecule has 5 aliphatic rings. The Labute approximate surface area is 146 Å². The van der Waals surface area contributed by atoms with Crippen molar-refractivity contribution in [1.29, 1.82) is 0 Å². The van der Waals surface area contributed by atoms with Gasteiger partial charge in [-0.2, -0.15) is 0 Å². The number of carbonyl (C=O) groups excluding carboxylic acids is 1. The van der Waals surface area contributed by atoms with E-state index >= 15 is 0 Å². The van der Waals surface area contributed by atoms with Gasteiger partial charge in [-0.25, -0.2) is 0 Å². The third-order valence-electron chi connectivity index (χ3n) is 9.22. The maximum absolute atomic E-state index is 12.6. The Balaban J connectivity index is 1.70. The van der Waals surface area contributed by atoms with Crippen LogP contribution in [-0.2, 0) is 9.53 Å². The molecular weight excluding hydrogens is 300 g/mol. The van der Waals surface area contributed by atoms with Gasteiger partial charge >= 0.3 is 5.97 Å². The number of aliphatic hydroxyl groups is 1. The van der Waals surface area contributed by atoms with Crippen molar-refractivity contribution < 1.29 is 14.6 Å². The molecule has 0 saturated heterocycles. The SMILES string of the molecule is COC(=O)[C@]1(C)CCC[C@@]2(C)[C@@H]3C[C@@H]4CC[C@@]3(CC[C@@H]21)C[C@H]4CO. The normalized spacial score (nSPS) is 53.2. The molecule has 3 nitrogen and oxygen atoms in total. The lowest BCUT2D eigenvalue weighted by molar-refractivity contribution is -0.208. The first-order chi connectivity index (χ1) is 11.4. The van der Waals surface area contributed by atoms with Gasteiger partial charge < -0.3 is 9.84 Å². The summed E-state index contributed by atoms with van der Waals surface area (Å²) < 4.78 is 5.25. The van der Waals surface area contributed by atoms with Gasteiger partial charge in [0, 0.05) is 6.61 Å². The molecule has 5 saturated carbocycles. The highest BCUT2D eigenvalue weighted by atomic mass is 16.5. The maximum atomic E-state index is 12.6. The largest absolute Gasteiger partial charge is 0.469 e. The highest BCUT2D eigenvalue weighted by Crippen LogP contribution is 2.72. The topological polar surface area (TPSA) is 46.5 Å². The van der Waals surface area contributed by atoms with Crippen LogP contribution in [0.3, 0.4) is 0 Å². The van der Waals surface area contributed by atoms with Crippen LogP contribution in [0.2, 0.25) is 0 Å². The third kappa shape index (κ3) is 2.03. The van der Waals surface area contributed by atoms with E-state index < -0.39 is 0 Å². The lowest BCUT2D eigenvalue weighted by Gasteiger charge is -2.68. The summed E-state index contributed by atoms with van der Waals surface area (Å²) in [6, 6.07) is 0. The second-order valence-corrected chi connectivity index (χ2v) is 9.96. The fraction of sp³-hybridized carbons (Fsp3) is 0.952. The van der Waals surface area contributed by atoms with Crippen LogP contribution in [0, 0.1) is 39.9 Å². The van der Waals surface area contributed by atoms with E-state index in [4.69, 9.17) is 4.74 Å². The van der Waals surface area contributed by atoms with E-state index in [2.05, 4.69) is 13.8 Å². The molecule has 0 amide bonds. The highest BCUT2D eigenvalue weighted by molar-refractivity contribution is 5.77. The van der Waals surface area contributed by atoms with Gasteiger partial charge in [0.05, 0.1) is 12.5 Å². The molecule has 3 heteroatoms. The van der Waals surface area contributed by atoms with Crippen LogP contribution >= 0.6 is 0 Å². The summed E-state index contributed by atoms with van der Waals surface area (Å²) in [6.45, 7) is 5.05. The summed E-state index contributed by atoms with van der Waals surface area (Å²) in [5.74, 6) is 2.47. The molecule has 1 spiro atoms. The Kier molecular flexibility index (Phi) is 3.84. The Hall–Kier alpha value is -0.570. The number of aliphatic hydroxyl groups excluding tert-OH is 1. The van der Waals surface area contributed by atoms with Gasteiger partial charge in [0.25, 0.3) is 0 Å². The average molecular weight is 335 g/mol. The molecule has 5 fully saturated rings. The zero-order valence-electron chi connectivity index (χ0n) is 15.6. The fourth-order valence-corrected chi connectivity index (χ4v) is 8.15. The summed E-state index contributed by atoms with van der Waals surface area (Å²) in [4.78, 5) is 12.6. The van der Waals surface area contributed by atoms with Gasteiger partial charge in [-0.15, -0.1) is 0 Å². The fourth-order valence-electron chi connectivity index (χ4n) is 8.15. The summed E-state index contributed by atoms with van der Waals surface area (Å²) in [7, 11) is 1.55. The monoisotopic (exact) mass is 334 g/mol. The first-order valence-electron chi connectivity index (χ1n) is 10.1. The minimum atomic E-state index is -0.295. The van der Waals surface area contributed by atoms with E-state index in [0.717, 1.165) is 18.8 Å². The highest BCUT2D eigenvalue weighted by Gasteiger charge is 2.65. The van der Waals surface area contributed by atoms with Crippen LogP contribution in [0.1, 0.15) is 71.6 Å². The van der Waals surface area contributed by atoms with Gasteiger partial charge in [-0.3, -0.25) is 4.79 Å². The van der Waals surface area contributed by atoms with Crippen LogP contribution in [0.25, 0.3) is 0 Å². The number of carbonyl (C=O) groups is 1. The predicted molar refractivity (Wildman–Crippen MR) is 93.3 cm³/mol. The number of fused-ring (bicyclic) bond motifs is 3. The first kappa shape index (κ1) is 16.9. The van der Waals surface area contributed by atoms with E-state index in [0.29, 0.717) is 29.8 Å². The maximum Gasteiger partial charge on any atom is 0.311 e. The summed E-state index contributed by atoms with van der Waals surface area (Å²) in [5, 5.41) is 9.82. The van der Waals surface area contributed by atoms with Crippen molar-refractivity contribution in [2.75, 3.05) is 13.7 Å². The zero-order chi connectivity index (χ0) is 17.2. The van der Waals surface area contributed by atoms with Crippen LogP contribution in [0.15, 0.2) is 0 Å². The summed E-state index contributed by atoms with van der Waals surface area (Å²) >= 11 is 0. The minimum Gasteiger partial charge on any atom is -0.469 e. The van der Waals surface area contributed by atoms with Gasteiger partial charge in [-0.1, -0.05) is 13.3 Å². The standard InChI is InChI=1S/C21H34O3/c1-19-7-4-8-20(2,18(23)24-3)16(19)6-10-21-9-5-14(11-17(19)21)15(12-21)13-22/h14-17,22H,4-13H2,1-3H3/t14-,15-,16-,17-,19+,20+,21+/m0/s1. The smallest absolute Gasteiger partial charge is 0.311 e. The Morgan fingerprint density at radius 2 is 1.88 bits per heavy atom. The first-order valence-corrected chi connectivity index (χ1v) is 10.1. The predicted octanol–water partition coefficient (Wildman–Crippen LogP) is 4.18. The van der Waals surface area contributed by atoms with Crippen molar-refractivity contribution in [2.45, 2.75) is 71.6 Å². The quantitative estimate of drug-likeness (QED) is 0.771. The molecule has 0 radical (unpaired) electrons. The molecule has 1 N–H and O–H groups in total. The van der Waals surface area contributed by atoms with Gasteiger partial charge in [0.1, 0.15) is 0 Å². The van der Waals surface area contributed by atoms with Crippen molar-refractivity contribution in [3.63, 3.8) is 0 Å². The molecule has 136 valence electrons. The van der Waals surface area contributed by atoms with Crippen molar-refractivity contribution in [1.82, 2.24) is 0 Å². The van der Waals surface area contributed by atoms with Gasteiger partial charge in [0.15, 0.2) is 0 Å². The molecule has 0 aromatic rings. The van der Waals surface area contributed by atoms with Crippen LogP contribution < -0.4 is 0 Å². The molecular formula is C21H34O3. The Morgan fingerprint density at radius 3 is 2.58 bits per heavy atom. The molecule has 0 aliphatic heterocycles. The molecule has 0 aromatic heterocycles. The van der Waals surface area contributed by atoms with E-state index in [-0.39, 0.29) is 16.8 Å². The number of rotatable bonds is 2. The third-order valence-corrected chi connectivity index (χ3v) is 9.22. The molecule has 0 aromatic carbocycles.